The first-order valence-corrected chi connectivity index (χ1v) is 8.96. The van der Waals surface area contributed by atoms with Crippen molar-refractivity contribution in [3.63, 3.8) is 0 Å². The van der Waals surface area contributed by atoms with Gasteiger partial charge in [0, 0.05) is 25.6 Å². The Morgan fingerprint density at radius 1 is 1.29 bits per heavy atom. The van der Waals surface area contributed by atoms with Gasteiger partial charge in [0.05, 0.1) is 5.92 Å². The maximum atomic E-state index is 13.1. The van der Waals surface area contributed by atoms with Crippen LogP contribution in [0.15, 0.2) is 36.7 Å². The average molecular weight is 326 g/mol. The number of nitrogens with zero attached hydrogens (tertiary/aromatic N) is 4. The highest BCUT2D eigenvalue weighted by molar-refractivity contribution is 5.83. The summed E-state index contributed by atoms with van der Waals surface area (Å²) < 4.78 is 2.09. The molecule has 0 bridgehead atoms. The summed E-state index contributed by atoms with van der Waals surface area (Å²) in [5.41, 5.74) is 1.11. The van der Waals surface area contributed by atoms with Gasteiger partial charge in [-0.3, -0.25) is 4.79 Å². The quantitative estimate of drug-likeness (QED) is 0.848. The lowest BCUT2D eigenvalue weighted by Gasteiger charge is -2.34. The molecule has 2 atom stereocenters. The molecule has 0 aliphatic carbocycles. The molecule has 0 N–H and O–H groups in total. The molecule has 3 rings (SSSR count). The van der Waals surface area contributed by atoms with E-state index in [4.69, 9.17) is 0 Å². The molecule has 1 amide bonds. The molecule has 0 unspecified atom stereocenters. The third kappa shape index (κ3) is 3.35. The number of amides is 1. The minimum atomic E-state index is -0.0472. The first-order valence-electron chi connectivity index (χ1n) is 8.96. The molecule has 5 heteroatoms. The molecule has 1 aliphatic heterocycles. The van der Waals surface area contributed by atoms with E-state index in [9.17, 15) is 4.79 Å². The first-order chi connectivity index (χ1) is 11.7. The SMILES string of the molecule is CC[C@H](C(=O)N1CCC[C@@H](c2nncn2CC)C1)c1ccccc1. The van der Waals surface area contributed by atoms with Crippen molar-refractivity contribution in [3.8, 4) is 0 Å². The van der Waals surface area contributed by atoms with E-state index in [-0.39, 0.29) is 11.8 Å². The predicted molar refractivity (Wildman–Crippen MR) is 93.7 cm³/mol. The first kappa shape index (κ1) is 16.7. The lowest BCUT2D eigenvalue weighted by atomic mass is 9.91. The number of piperidine rings is 1. The Kier molecular flexibility index (Phi) is 5.28. The number of carbonyl (C=O) groups excluding carboxylic acids is 1. The number of hydrogen-bond donors (Lipinski definition) is 0. The maximum Gasteiger partial charge on any atom is 0.230 e. The van der Waals surface area contributed by atoms with Crippen LogP contribution in [-0.4, -0.2) is 38.7 Å². The normalized spacial score (nSPS) is 19.2. The lowest BCUT2D eigenvalue weighted by molar-refractivity contribution is -0.134. The summed E-state index contributed by atoms with van der Waals surface area (Å²) >= 11 is 0. The number of aryl methyl sites for hydroxylation is 1. The molecule has 1 aromatic heterocycles. The number of likely N-dealkylation sites (tertiary alicyclic amines) is 1. The molecular formula is C19H26N4O. The van der Waals surface area contributed by atoms with Gasteiger partial charge in [-0.15, -0.1) is 10.2 Å². The topological polar surface area (TPSA) is 51.0 Å². The maximum absolute atomic E-state index is 13.1. The van der Waals surface area contributed by atoms with Gasteiger partial charge in [0.25, 0.3) is 0 Å². The second kappa shape index (κ2) is 7.60. The number of benzene rings is 1. The van der Waals surface area contributed by atoms with Gasteiger partial charge in [-0.2, -0.15) is 0 Å². The molecule has 128 valence electrons. The third-order valence-electron chi connectivity index (χ3n) is 4.99. The smallest absolute Gasteiger partial charge is 0.230 e. The summed E-state index contributed by atoms with van der Waals surface area (Å²) in [6.45, 7) is 6.65. The fourth-order valence-corrected chi connectivity index (χ4v) is 3.67. The van der Waals surface area contributed by atoms with Crippen LogP contribution in [0.4, 0.5) is 0 Å². The van der Waals surface area contributed by atoms with Gasteiger partial charge in [-0.1, -0.05) is 37.3 Å². The summed E-state index contributed by atoms with van der Waals surface area (Å²) in [5.74, 6) is 1.51. The van der Waals surface area contributed by atoms with E-state index in [1.807, 2.05) is 23.1 Å². The van der Waals surface area contributed by atoms with E-state index in [1.165, 1.54) is 0 Å². The van der Waals surface area contributed by atoms with Crippen LogP contribution in [0.2, 0.25) is 0 Å². The van der Waals surface area contributed by atoms with Crippen LogP contribution in [0, 0.1) is 0 Å². The van der Waals surface area contributed by atoms with Crippen molar-refractivity contribution in [2.75, 3.05) is 13.1 Å². The largest absolute Gasteiger partial charge is 0.341 e. The van der Waals surface area contributed by atoms with E-state index in [2.05, 4.69) is 40.7 Å². The molecule has 0 saturated carbocycles. The Balaban J connectivity index is 1.75. The second-order valence-corrected chi connectivity index (χ2v) is 6.47. The van der Waals surface area contributed by atoms with Crippen molar-refractivity contribution in [3.05, 3.63) is 48.0 Å². The van der Waals surface area contributed by atoms with Crippen molar-refractivity contribution >= 4 is 5.91 Å². The van der Waals surface area contributed by atoms with Crippen LogP contribution in [-0.2, 0) is 11.3 Å². The van der Waals surface area contributed by atoms with Crippen LogP contribution >= 0.6 is 0 Å². The predicted octanol–water partition coefficient (Wildman–Crippen LogP) is 3.20. The molecule has 1 aromatic carbocycles. The number of rotatable bonds is 5. The Bertz CT molecular complexity index is 667. The molecule has 0 radical (unpaired) electrons. The molecule has 1 aliphatic rings. The van der Waals surface area contributed by atoms with E-state index < -0.39 is 0 Å². The highest BCUT2D eigenvalue weighted by atomic mass is 16.2. The fraction of sp³-hybridized carbons (Fsp3) is 0.526. The van der Waals surface area contributed by atoms with Crippen molar-refractivity contribution in [2.45, 2.75) is 51.5 Å². The Morgan fingerprint density at radius 3 is 2.79 bits per heavy atom. The highest BCUT2D eigenvalue weighted by Crippen LogP contribution is 2.29. The monoisotopic (exact) mass is 326 g/mol. The van der Waals surface area contributed by atoms with Gasteiger partial charge >= 0.3 is 0 Å². The molecule has 5 nitrogen and oxygen atoms in total. The van der Waals surface area contributed by atoms with E-state index in [0.717, 1.165) is 50.3 Å². The van der Waals surface area contributed by atoms with Gasteiger partial charge in [0.15, 0.2) is 0 Å². The van der Waals surface area contributed by atoms with Crippen LogP contribution in [0.5, 0.6) is 0 Å². The third-order valence-corrected chi connectivity index (χ3v) is 4.99. The van der Waals surface area contributed by atoms with Gasteiger partial charge in [0.2, 0.25) is 5.91 Å². The second-order valence-electron chi connectivity index (χ2n) is 6.47. The van der Waals surface area contributed by atoms with Crippen molar-refractivity contribution < 1.29 is 4.79 Å². The Hall–Kier alpha value is -2.17. The molecule has 2 heterocycles. The summed E-state index contributed by atoms with van der Waals surface area (Å²) in [4.78, 5) is 15.1. The summed E-state index contributed by atoms with van der Waals surface area (Å²) in [6.07, 6.45) is 4.72. The lowest BCUT2D eigenvalue weighted by Crippen LogP contribution is -2.42. The molecule has 2 aromatic rings. The van der Waals surface area contributed by atoms with E-state index in [0.29, 0.717) is 5.92 Å². The molecule has 1 fully saturated rings. The van der Waals surface area contributed by atoms with Crippen molar-refractivity contribution in [1.29, 1.82) is 0 Å². The minimum absolute atomic E-state index is 0.0472. The Labute approximate surface area is 143 Å². The minimum Gasteiger partial charge on any atom is -0.341 e. The number of hydrogen-bond acceptors (Lipinski definition) is 3. The highest BCUT2D eigenvalue weighted by Gasteiger charge is 2.31. The zero-order chi connectivity index (χ0) is 16.9. The summed E-state index contributed by atoms with van der Waals surface area (Å²) in [7, 11) is 0. The summed E-state index contributed by atoms with van der Waals surface area (Å²) in [5, 5.41) is 8.35. The van der Waals surface area contributed by atoms with Gasteiger partial charge in [-0.25, -0.2) is 0 Å². The van der Waals surface area contributed by atoms with Crippen molar-refractivity contribution in [1.82, 2.24) is 19.7 Å². The van der Waals surface area contributed by atoms with Gasteiger partial charge in [0.1, 0.15) is 12.2 Å². The molecule has 0 spiro atoms. The van der Waals surface area contributed by atoms with Crippen LogP contribution in [0.25, 0.3) is 0 Å². The zero-order valence-corrected chi connectivity index (χ0v) is 14.6. The average Bonchev–Trinajstić information content (AvgIpc) is 3.12. The number of aromatic nitrogens is 3. The van der Waals surface area contributed by atoms with Crippen LogP contribution in [0.3, 0.4) is 0 Å². The zero-order valence-electron chi connectivity index (χ0n) is 14.6. The molecular weight excluding hydrogens is 300 g/mol. The van der Waals surface area contributed by atoms with Crippen molar-refractivity contribution in [2.24, 2.45) is 0 Å². The van der Waals surface area contributed by atoms with Crippen LogP contribution < -0.4 is 0 Å². The molecule has 1 saturated heterocycles. The van der Waals surface area contributed by atoms with E-state index >= 15 is 0 Å². The van der Waals surface area contributed by atoms with Crippen LogP contribution in [0.1, 0.15) is 56.3 Å². The number of carbonyl (C=O) groups is 1. The Morgan fingerprint density at radius 2 is 2.08 bits per heavy atom. The van der Waals surface area contributed by atoms with Gasteiger partial charge < -0.3 is 9.47 Å². The molecule has 24 heavy (non-hydrogen) atoms. The fourth-order valence-electron chi connectivity index (χ4n) is 3.67. The summed E-state index contributed by atoms with van der Waals surface area (Å²) in [6, 6.07) is 10.1. The van der Waals surface area contributed by atoms with E-state index in [1.54, 1.807) is 6.33 Å². The van der Waals surface area contributed by atoms with Gasteiger partial charge in [-0.05, 0) is 31.7 Å². The standard InChI is InChI=1S/C19H26N4O/c1-3-17(15-9-6-5-7-10-15)19(24)23-12-8-11-16(13-23)18-21-20-14-22(18)4-2/h5-7,9-10,14,16-17H,3-4,8,11-13H2,1-2H3/t16-,17+/m1/s1.